The van der Waals surface area contributed by atoms with Gasteiger partial charge in [0.2, 0.25) is 10.0 Å². The van der Waals surface area contributed by atoms with Crippen LogP contribution in [-0.4, -0.2) is 48.9 Å². The number of amides is 1. The lowest BCUT2D eigenvalue weighted by Crippen LogP contribution is -2.42. The average Bonchev–Trinajstić information content (AvgIpc) is 3.16. The molecule has 0 aliphatic carbocycles. The molecular formula is C24H27N3O5S2. The summed E-state index contributed by atoms with van der Waals surface area (Å²) < 4.78 is 35.3. The number of benzene rings is 2. The minimum Gasteiger partial charge on any atom is -0.465 e. The minimum atomic E-state index is -3.69. The Morgan fingerprint density at radius 2 is 1.88 bits per heavy atom. The van der Waals surface area contributed by atoms with Crippen LogP contribution in [0.5, 0.6) is 0 Å². The summed E-state index contributed by atoms with van der Waals surface area (Å²) in [6, 6.07) is 14.2. The van der Waals surface area contributed by atoms with Crippen molar-refractivity contribution in [3.05, 3.63) is 58.9 Å². The molecule has 180 valence electrons. The summed E-state index contributed by atoms with van der Waals surface area (Å²) >= 11 is 1.32. The summed E-state index contributed by atoms with van der Waals surface area (Å²) in [5.74, 6) is -1.34. The number of ether oxygens (including phenoxy) is 1. The van der Waals surface area contributed by atoms with Gasteiger partial charge < -0.3 is 9.30 Å². The predicted molar refractivity (Wildman–Crippen MR) is 130 cm³/mol. The lowest BCUT2D eigenvalue weighted by molar-refractivity contribution is -0.143. The van der Waals surface area contributed by atoms with Crippen LogP contribution in [0.2, 0.25) is 0 Å². The number of hydrogen-bond acceptors (Lipinski definition) is 6. The predicted octanol–water partition coefficient (Wildman–Crippen LogP) is 3.10. The average molecular weight is 502 g/mol. The molecule has 1 fully saturated rings. The fourth-order valence-corrected chi connectivity index (χ4v) is 6.56. The number of aryl methyl sites for hydroxylation is 1. The van der Waals surface area contributed by atoms with Crippen LogP contribution in [0.15, 0.2) is 58.4 Å². The molecular weight excluding hydrogens is 474 g/mol. The van der Waals surface area contributed by atoms with Crippen molar-refractivity contribution in [3.8, 4) is 0 Å². The first-order valence-corrected chi connectivity index (χ1v) is 13.4. The Labute approximate surface area is 202 Å². The first kappa shape index (κ1) is 24.3. The summed E-state index contributed by atoms with van der Waals surface area (Å²) in [7, 11) is -3.69. The van der Waals surface area contributed by atoms with Crippen LogP contribution in [0.3, 0.4) is 0 Å². The largest absolute Gasteiger partial charge is 0.465 e. The number of rotatable bonds is 6. The SMILES string of the molecule is CCOC(=O)Cn1c(=NC(=O)C2CCCN(S(=O)(=O)c3ccc(C)cc3)C2)sc2ccccc21. The first-order chi connectivity index (χ1) is 16.3. The summed E-state index contributed by atoms with van der Waals surface area (Å²) in [5, 5.41) is 0. The second kappa shape index (κ2) is 10.2. The monoisotopic (exact) mass is 501 g/mol. The highest BCUT2D eigenvalue weighted by molar-refractivity contribution is 7.89. The number of piperidine rings is 1. The first-order valence-electron chi connectivity index (χ1n) is 11.2. The molecule has 1 aliphatic rings. The number of nitrogens with zero attached hydrogens (tertiary/aromatic N) is 3. The Morgan fingerprint density at radius 3 is 2.62 bits per heavy atom. The maximum Gasteiger partial charge on any atom is 0.326 e. The number of esters is 1. The molecule has 1 saturated heterocycles. The molecule has 1 unspecified atom stereocenters. The second-order valence-electron chi connectivity index (χ2n) is 8.21. The molecule has 0 saturated carbocycles. The quantitative estimate of drug-likeness (QED) is 0.484. The molecule has 0 bridgehead atoms. The maximum absolute atomic E-state index is 13.2. The lowest BCUT2D eigenvalue weighted by Gasteiger charge is -2.30. The lowest BCUT2D eigenvalue weighted by atomic mass is 9.99. The van der Waals surface area contributed by atoms with Crippen molar-refractivity contribution in [2.45, 2.75) is 38.1 Å². The van der Waals surface area contributed by atoms with Gasteiger partial charge in [0.25, 0.3) is 5.91 Å². The van der Waals surface area contributed by atoms with Crippen LogP contribution in [-0.2, 0) is 30.9 Å². The van der Waals surface area contributed by atoms with Crippen molar-refractivity contribution in [2.75, 3.05) is 19.7 Å². The van der Waals surface area contributed by atoms with Gasteiger partial charge in [0, 0.05) is 13.1 Å². The fourth-order valence-electron chi connectivity index (χ4n) is 4.00. The number of aromatic nitrogens is 1. The Balaban J connectivity index is 1.61. The van der Waals surface area contributed by atoms with Crippen molar-refractivity contribution in [1.29, 1.82) is 0 Å². The van der Waals surface area contributed by atoms with Gasteiger partial charge in [0.05, 0.1) is 27.6 Å². The number of carbonyl (C=O) groups is 2. The van der Waals surface area contributed by atoms with Crippen LogP contribution in [0, 0.1) is 12.8 Å². The van der Waals surface area contributed by atoms with Crippen molar-refractivity contribution in [3.63, 3.8) is 0 Å². The molecule has 0 N–H and O–H groups in total. The van der Waals surface area contributed by atoms with Gasteiger partial charge in [-0.1, -0.05) is 41.2 Å². The van der Waals surface area contributed by atoms with E-state index in [1.807, 2.05) is 31.2 Å². The van der Waals surface area contributed by atoms with E-state index in [1.165, 1.54) is 15.6 Å². The van der Waals surface area contributed by atoms with Crippen LogP contribution in [0.1, 0.15) is 25.3 Å². The molecule has 3 aromatic rings. The molecule has 10 heteroatoms. The second-order valence-corrected chi connectivity index (χ2v) is 11.2. The Morgan fingerprint density at radius 1 is 1.15 bits per heavy atom. The van der Waals surface area contributed by atoms with Gasteiger partial charge >= 0.3 is 5.97 Å². The van der Waals surface area contributed by atoms with E-state index in [1.54, 1.807) is 35.8 Å². The normalized spacial score (nSPS) is 17.7. The van der Waals surface area contributed by atoms with Crippen LogP contribution < -0.4 is 4.80 Å². The van der Waals surface area contributed by atoms with E-state index in [0.29, 0.717) is 24.2 Å². The van der Waals surface area contributed by atoms with Gasteiger partial charge in [0.1, 0.15) is 6.54 Å². The third-order valence-corrected chi connectivity index (χ3v) is 8.72. The van der Waals surface area contributed by atoms with Gasteiger partial charge in [-0.15, -0.1) is 0 Å². The van der Waals surface area contributed by atoms with E-state index < -0.39 is 21.9 Å². The van der Waals surface area contributed by atoms with Crippen LogP contribution >= 0.6 is 11.3 Å². The zero-order valence-corrected chi connectivity index (χ0v) is 20.8. The smallest absolute Gasteiger partial charge is 0.326 e. The van der Waals surface area contributed by atoms with Gasteiger partial charge in [-0.2, -0.15) is 9.30 Å². The van der Waals surface area contributed by atoms with Gasteiger partial charge in [-0.25, -0.2) is 8.42 Å². The van der Waals surface area contributed by atoms with Crippen molar-refractivity contribution in [2.24, 2.45) is 10.9 Å². The molecule has 8 nitrogen and oxygen atoms in total. The molecule has 4 rings (SSSR count). The molecule has 2 heterocycles. The highest BCUT2D eigenvalue weighted by Crippen LogP contribution is 2.25. The highest BCUT2D eigenvalue weighted by Gasteiger charge is 2.33. The summed E-state index contributed by atoms with van der Waals surface area (Å²) in [4.78, 5) is 30.3. The summed E-state index contributed by atoms with van der Waals surface area (Å²) in [6.07, 6.45) is 1.14. The molecule has 1 amide bonds. The molecule has 1 aromatic heterocycles. The van der Waals surface area contributed by atoms with E-state index in [2.05, 4.69) is 4.99 Å². The van der Waals surface area contributed by atoms with Gasteiger partial charge in [-0.05, 0) is 51.0 Å². The van der Waals surface area contributed by atoms with E-state index >= 15 is 0 Å². The van der Waals surface area contributed by atoms with E-state index in [-0.39, 0.29) is 30.5 Å². The third kappa shape index (κ3) is 5.13. The molecule has 1 aliphatic heterocycles. The molecule has 2 aromatic carbocycles. The van der Waals surface area contributed by atoms with Crippen LogP contribution in [0.4, 0.5) is 0 Å². The van der Waals surface area contributed by atoms with Crippen molar-refractivity contribution in [1.82, 2.24) is 8.87 Å². The number of hydrogen-bond donors (Lipinski definition) is 0. The Kier molecular flexibility index (Phi) is 7.30. The Hall–Kier alpha value is -2.82. The topological polar surface area (TPSA) is 98.0 Å². The van der Waals surface area contributed by atoms with E-state index in [0.717, 1.165) is 15.8 Å². The maximum atomic E-state index is 13.2. The number of sulfonamides is 1. The number of para-hydroxylation sites is 1. The molecule has 0 radical (unpaired) electrons. The fraction of sp³-hybridized carbons (Fsp3) is 0.375. The standard InChI is InChI=1S/C24H27N3O5S2/c1-3-32-22(28)16-27-20-8-4-5-9-21(20)33-24(27)25-23(29)18-7-6-14-26(15-18)34(30,31)19-12-10-17(2)11-13-19/h4-5,8-13,18H,3,6-7,14-16H2,1-2H3. The molecule has 0 spiro atoms. The molecule has 1 atom stereocenters. The van der Waals surface area contributed by atoms with Gasteiger partial charge in [0.15, 0.2) is 4.80 Å². The summed E-state index contributed by atoms with van der Waals surface area (Å²) in [5.41, 5.74) is 1.77. The van der Waals surface area contributed by atoms with Crippen molar-refractivity contribution < 1.29 is 22.7 Å². The van der Waals surface area contributed by atoms with Crippen LogP contribution in [0.25, 0.3) is 10.2 Å². The zero-order valence-electron chi connectivity index (χ0n) is 19.1. The highest BCUT2D eigenvalue weighted by atomic mass is 32.2. The van der Waals surface area contributed by atoms with Crippen molar-refractivity contribution >= 4 is 43.5 Å². The van der Waals surface area contributed by atoms with E-state index in [9.17, 15) is 18.0 Å². The molecule has 34 heavy (non-hydrogen) atoms. The number of carbonyl (C=O) groups excluding carboxylic acids is 2. The zero-order chi connectivity index (χ0) is 24.3. The third-order valence-electron chi connectivity index (χ3n) is 5.78. The number of thiazole rings is 1. The summed E-state index contributed by atoms with van der Waals surface area (Å²) in [6.45, 7) is 4.30. The van der Waals surface area contributed by atoms with Gasteiger partial charge in [-0.3, -0.25) is 9.59 Å². The van der Waals surface area contributed by atoms with E-state index in [4.69, 9.17) is 4.74 Å². The minimum absolute atomic E-state index is 0.0530. The Bertz CT molecular complexity index is 1370. The number of fused-ring (bicyclic) bond motifs is 1.